The van der Waals surface area contributed by atoms with Crippen LogP contribution in [0.5, 0.6) is 11.5 Å². The van der Waals surface area contributed by atoms with Gasteiger partial charge in [-0.1, -0.05) is 44.2 Å². The van der Waals surface area contributed by atoms with E-state index >= 15 is 0 Å². The zero-order chi connectivity index (χ0) is 27.2. The van der Waals surface area contributed by atoms with Crippen LogP contribution in [0.2, 0.25) is 0 Å². The standard InChI is InChI=1S/C31H40N2O5S/c1-19(2)15-21-5-3-4-6-23(21)18-39(36,37)32-24-11-12-31(35)26-16-22-9-10-25(34)28-27(22)30(31,29(24)38-28)13-14-33(26)17-20-7-8-20/h3-6,9-10,19-20,24,26,29,32,34-35H,7-8,11-18H2,1-2H3/t24-,26-,29+,30+,31-/m1/s1. The number of likely N-dealkylation sites (tertiary alicyclic amines) is 1. The quantitative estimate of drug-likeness (QED) is 0.463. The number of nitrogens with zero attached hydrogens (tertiary/aromatic N) is 1. The molecule has 3 aliphatic carbocycles. The van der Waals surface area contributed by atoms with E-state index in [1.807, 2.05) is 30.3 Å². The largest absolute Gasteiger partial charge is 0.504 e. The molecule has 39 heavy (non-hydrogen) atoms. The van der Waals surface area contributed by atoms with Crippen LogP contribution in [0.25, 0.3) is 0 Å². The van der Waals surface area contributed by atoms with Crippen molar-refractivity contribution >= 4 is 10.0 Å². The molecule has 5 aliphatic rings. The number of aliphatic hydroxyl groups is 1. The van der Waals surface area contributed by atoms with Gasteiger partial charge in [0.1, 0.15) is 6.10 Å². The van der Waals surface area contributed by atoms with E-state index < -0.39 is 33.2 Å². The minimum Gasteiger partial charge on any atom is -0.504 e. The highest BCUT2D eigenvalue weighted by Crippen LogP contribution is 2.65. The van der Waals surface area contributed by atoms with E-state index in [1.165, 1.54) is 12.8 Å². The summed E-state index contributed by atoms with van der Waals surface area (Å²) in [4.78, 5) is 2.49. The van der Waals surface area contributed by atoms with Gasteiger partial charge in [-0.3, -0.25) is 4.90 Å². The molecule has 2 aromatic carbocycles. The van der Waals surface area contributed by atoms with Crippen LogP contribution in [0.4, 0.5) is 0 Å². The zero-order valence-electron chi connectivity index (χ0n) is 22.9. The lowest BCUT2D eigenvalue weighted by Crippen LogP contribution is -2.78. The summed E-state index contributed by atoms with van der Waals surface area (Å²) in [7, 11) is -3.69. The molecule has 3 fully saturated rings. The van der Waals surface area contributed by atoms with Crippen LogP contribution in [-0.2, 0) is 34.0 Å². The van der Waals surface area contributed by atoms with Gasteiger partial charge in [-0.2, -0.15) is 0 Å². The molecule has 2 aliphatic heterocycles. The van der Waals surface area contributed by atoms with Gasteiger partial charge in [-0.15, -0.1) is 0 Å². The number of hydrogen-bond acceptors (Lipinski definition) is 6. The maximum atomic E-state index is 13.6. The Morgan fingerprint density at radius 2 is 1.87 bits per heavy atom. The average molecular weight is 553 g/mol. The van der Waals surface area contributed by atoms with Crippen molar-refractivity contribution in [3.63, 3.8) is 0 Å². The van der Waals surface area contributed by atoms with Crippen LogP contribution in [0.1, 0.15) is 68.2 Å². The second kappa shape index (κ2) is 8.93. The van der Waals surface area contributed by atoms with Crippen molar-refractivity contribution in [2.75, 3.05) is 13.1 Å². The predicted molar refractivity (Wildman–Crippen MR) is 149 cm³/mol. The molecular formula is C31H40N2O5S. The van der Waals surface area contributed by atoms with Crippen molar-refractivity contribution in [1.29, 1.82) is 0 Å². The zero-order valence-corrected chi connectivity index (χ0v) is 23.7. The van der Waals surface area contributed by atoms with Crippen LogP contribution < -0.4 is 9.46 Å². The molecule has 5 atom stereocenters. The van der Waals surface area contributed by atoms with Gasteiger partial charge in [0.2, 0.25) is 10.0 Å². The van der Waals surface area contributed by atoms with Crippen molar-refractivity contribution in [2.24, 2.45) is 11.8 Å². The Labute approximate surface area is 231 Å². The van der Waals surface area contributed by atoms with Crippen LogP contribution in [-0.4, -0.2) is 60.4 Å². The molecule has 0 unspecified atom stereocenters. The first-order valence-electron chi connectivity index (χ1n) is 14.7. The molecule has 0 amide bonds. The molecule has 7 rings (SSSR count). The third-order valence-electron chi connectivity index (χ3n) is 10.2. The highest BCUT2D eigenvalue weighted by atomic mass is 32.2. The topological polar surface area (TPSA) is 99.1 Å². The lowest BCUT2D eigenvalue weighted by Gasteiger charge is -2.64. The summed E-state index contributed by atoms with van der Waals surface area (Å²) in [5, 5.41) is 23.4. The van der Waals surface area contributed by atoms with E-state index in [4.69, 9.17) is 4.74 Å². The van der Waals surface area contributed by atoms with E-state index in [2.05, 4.69) is 23.5 Å². The van der Waals surface area contributed by atoms with Gasteiger partial charge in [-0.05, 0) is 86.1 Å². The molecule has 7 nitrogen and oxygen atoms in total. The number of phenolic OH excluding ortho intramolecular Hbond substituents is 1. The van der Waals surface area contributed by atoms with Gasteiger partial charge in [0, 0.05) is 18.2 Å². The average Bonchev–Trinajstić information content (AvgIpc) is 3.61. The molecule has 3 N–H and O–H groups in total. The molecule has 0 radical (unpaired) electrons. The maximum Gasteiger partial charge on any atom is 0.216 e. The number of benzene rings is 2. The second-order valence-corrected chi connectivity index (χ2v) is 14.9. The lowest BCUT2D eigenvalue weighted by atomic mass is 9.48. The maximum absolute atomic E-state index is 13.6. The minimum atomic E-state index is -3.69. The molecule has 2 bridgehead atoms. The van der Waals surface area contributed by atoms with Gasteiger partial charge in [0.25, 0.3) is 0 Å². The summed E-state index contributed by atoms with van der Waals surface area (Å²) in [5.74, 6) is 1.57. The third kappa shape index (κ3) is 3.97. The first-order chi connectivity index (χ1) is 18.6. The molecule has 210 valence electrons. The first kappa shape index (κ1) is 25.8. The highest BCUT2D eigenvalue weighted by Gasteiger charge is 2.73. The van der Waals surface area contributed by atoms with Crippen LogP contribution in [0.3, 0.4) is 0 Å². The number of hydrogen-bond donors (Lipinski definition) is 3. The Morgan fingerprint density at radius 1 is 1.10 bits per heavy atom. The van der Waals surface area contributed by atoms with Gasteiger partial charge in [0.05, 0.1) is 22.8 Å². The Balaban J connectivity index is 1.23. The number of aromatic hydroxyl groups is 1. The van der Waals surface area contributed by atoms with Crippen molar-refractivity contribution < 1.29 is 23.4 Å². The van der Waals surface area contributed by atoms with E-state index in [0.29, 0.717) is 30.9 Å². The summed E-state index contributed by atoms with van der Waals surface area (Å²) in [6.07, 6.45) is 5.20. The van der Waals surface area contributed by atoms with E-state index in [0.717, 1.165) is 54.1 Å². The number of rotatable bonds is 8. The number of sulfonamides is 1. The molecule has 2 heterocycles. The fourth-order valence-corrected chi connectivity index (χ4v) is 9.89. The SMILES string of the molecule is CC(C)Cc1ccccc1CS(=O)(=O)N[C@@H]1CC[C@@]2(O)[C@H]3Cc4ccc(O)c5c4[C@@]2(CCN3CC2CC2)[C@H]1O5. The summed E-state index contributed by atoms with van der Waals surface area (Å²) in [6, 6.07) is 10.9. The van der Waals surface area contributed by atoms with Crippen molar-refractivity contribution in [1.82, 2.24) is 9.62 Å². The van der Waals surface area contributed by atoms with E-state index in [9.17, 15) is 18.6 Å². The Hall–Kier alpha value is -2.13. The van der Waals surface area contributed by atoms with Crippen LogP contribution >= 0.6 is 0 Å². The predicted octanol–water partition coefficient (Wildman–Crippen LogP) is 3.64. The molecule has 1 saturated heterocycles. The van der Waals surface area contributed by atoms with Crippen molar-refractivity contribution in [2.45, 2.75) is 93.7 Å². The summed E-state index contributed by atoms with van der Waals surface area (Å²) < 4.78 is 36.8. The minimum absolute atomic E-state index is 0.0265. The summed E-state index contributed by atoms with van der Waals surface area (Å²) >= 11 is 0. The number of nitrogens with one attached hydrogen (secondary N) is 1. The fraction of sp³-hybridized carbons (Fsp3) is 0.613. The van der Waals surface area contributed by atoms with Gasteiger partial charge < -0.3 is 14.9 Å². The number of piperidine rings is 1. The van der Waals surface area contributed by atoms with Crippen molar-refractivity contribution in [3.05, 3.63) is 58.7 Å². The number of ether oxygens (including phenoxy) is 1. The fourth-order valence-electron chi connectivity index (χ4n) is 8.42. The van der Waals surface area contributed by atoms with Gasteiger partial charge in [-0.25, -0.2) is 13.1 Å². The first-order valence-corrected chi connectivity index (χ1v) is 16.3. The Kier molecular flexibility index (Phi) is 5.91. The Morgan fingerprint density at radius 3 is 2.62 bits per heavy atom. The molecular weight excluding hydrogens is 512 g/mol. The van der Waals surface area contributed by atoms with E-state index in [1.54, 1.807) is 6.07 Å². The monoisotopic (exact) mass is 552 g/mol. The summed E-state index contributed by atoms with van der Waals surface area (Å²) in [5.41, 5.74) is 2.16. The molecule has 0 aromatic heterocycles. The smallest absolute Gasteiger partial charge is 0.216 e. The van der Waals surface area contributed by atoms with E-state index in [-0.39, 0.29) is 17.5 Å². The van der Waals surface area contributed by atoms with Gasteiger partial charge in [0.15, 0.2) is 11.5 Å². The molecule has 8 heteroatoms. The van der Waals surface area contributed by atoms with Gasteiger partial charge >= 0.3 is 0 Å². The molecule has 2 saturated carbocycles. The van der Waals surface area contributed by atoms with Crippen LogP contribution in [0, 0.1) is 11.8 Å². The lowest BCUT2D eigenvalue weighted by molar-refractivity contribution is -0.190. The number of phenols is 1. The molecule has 1 spiro atoms. The highest BCUT2D eigenvalue weighted by molar-refractivity contribution is 7.88. The Bertz CT molecular complexity index is 1410. The second-order valence-electron chi connectivity index (χ2n) is 13.2. The molecule has 2 aromatic rings. The normalized spacial score (nSPS) is 33.2. The summed E-state index contributed by atoms with van der Waals surface area (Å²) in [6.45, 7) is 6.14. The van der Waals surface area contributed by atoms with Crippen molar-refractivity contribution in [3.8, 4) is 11.5 Å². The van der Waals surface area contributed by atoms with Crippen LogP contribution in [0.15, 0.2) is 36.4 Å². The third-order valence-corrected chi connectivity index (χ3v) is 11.5.